The number of aliphatic hydroxyl groups is 1. The SMILES string of the molecule is OCCn1c(C2CCCN2)nc2ccncc21. The predicted molar refractivity (Wildman–Crippen MR) is 64.6 cm³/mol. The van der Waals surface area contributed by atoms with Gasteiger partial charge in [0.15, 0.2) is 0 Å². The van der Waals surface area contributed by atoms with Gasteiger partial charge in [0.25, 0.3) is 0 Å². The minimum Gasteiger partial charge on any atom is -0.395 e. The molecule has 2 aromatic rings. The maximum atomic E-state index is 9.18. The third kappa shape index (κ3) is 1.81. The molecule has 90 valence electrons. The lowest BCUT2D eigenvalue weighted by atomic mass is 10.2. The topological polar surface area (TPSA) is 63.0 Å². The predicted octanol–water partition coefficient (Wildman–Crippen LogP) is 0.848. The molecule has 2 N–H and O–H groups in total. The number of aromatic nitrogens is 3. The Labute approximate surface area is 99.5 Å². The largest absolute Gasteiger partial charge is 0.395 e. The summed E-state index contributed by atoms with van der Waals surface area (Å²) < 4.78 is 2.07. The van der Waals surface area contributed by atoms with Gasteiger partial charge < -0.3 is 15.0 Å². The van der Waals surface area contributed by atoms with Crippen LogP contribution in [0.15, 0.2) is 18.5 Å². The van der Waals surface area contributed by atoms with Gasteiger partial charge in [0.05, 0.1) is 29.9 Å². The van der Waals surface area contributed by atoms with Crippen LogP contribution in [-0.2, 0) is 6.54 Å². The van der Waals surface area contributed by atoms with E-state index in [-0.39, 0.29) is 6.61 Å². The van der Waals surface area contributed by atoms with E-state index in [4.69, 9.17) is 0 Å². The van der Waals surface area contributed by atoms with E-state index in [0.717, 1.165) is 29.8 Å². The molecule has 3 rings (SSSR count). The second kappa shape index (κ2) is 4.43. The van der Waals surface area contributed by atoms with Gasteiger partial charge in [-0.1, -0.05) is 0 Å². The highest BCUT2D eigenvalue weighted by Gasteiger charge is 2.22. The fraction of sp³-hybridized carbons (Fsp3) is 0.500. The van der Waals surface area contributed by atoms with E-state index in [1.165, 1.54) is 6.42 Å². The van der Waals surface area contributed by atoms with Crippen molar-refractivity contribution < 1.29 is 5.11 Å². The molecule has 1 atom stereocenters. The minimum atomic E-state index is 0.125. The number of hydrogen-bond acceptors (Lipinski definition) is 4. The van der Waals surface area contributed by atoms with Crippen LogP contribution in [0, 0.1) is 0 Å². The average Bonchev–Trinajstić information content (AvgIpc) is 2.97. The van der Waals surface area contributed by atoms with Crippen molar-refractivity contribution in [1.29, 1.82) is 0 Å². The molecule has 17 heavy (non-hydrogen) atoms. The molecule has 0 saturated carbocycles. The summed E-state index contributed by atoms with van der Waals surface area (Å²) in [7, 11) is 0. The van der Waals surface area contributed by atoms with Crippen LogP contribution in [0.5, 0.6) is 0 Å². The molecule has 1 unspecified atom stereocenters. The molecule has 1 saturated heterocycles. The summed E-state index contributed by atoms with van der Waals surface area (Å²) in [4.78, 5) is 8.80. The van der Waals surface area contributed by atoms with Crippen molar-refractivity contribution in [3.05, 3.63) is 24.3 Å². The molecule has 1 aliphatic heterocycles. The van der Waals surface area contributed by atoms with Gasteiger partial charge in [0, 0.05) is 12.7 Å². The number of hydrogen-bond donors (Lipinski definition) is 2. The molecular weight excluding hydrogens is 216 g/mol. The van der Waals surface area contributed by atoms with E-state index < -0.39 is 0 Å². The number of pyridine rings is 1. The van der Waals surface area contributed by atoms with Gasteiger partial charge in [0.1, 0.15) is 5.82 Å². The third-order valence-electron chi connectivity index (χ3n) is 3.28. The Morgan fingerprint density at radius 2 is 2.47 bits per heavy atom. The Morgan fingerprint density at radius 3 is 3.24 bits per heavy atom. The average molecular weight is 232 g/mol. The van der Waals surface area contributed by atoms with Crippen molar-refractivity contribution in [1.82, 2.24) is 19.9 Å². The van der Waals surface area contributed by atoms with Crippen LogP contribution in [0.4, 0.5) is 0 Å². The van der Waals surface area contributed by atoms with Gasteiger partial charge in [-0.05, 0) is 25.5 Å². The van der Waals surface area contributed by atoms with Crippen molar-refractivity contribution in [2.45, 2.75) is 25.4 Å². The molecule has 0 amide bonds. The smallest absolute Gasteiger partial charge is 0.127 e. The molecule has 0 bridgehead atoms. The minimum absolute atomic E-state index is 0.125. The second-order valence-corrected chi connectivity index (χ2v) is 4.36. The molecule has 0 radical (unpaired) electrons. The molecule has 5 nitrogen and oxygen atoms in total. The Morgan fingerprint density at radius 1 is 1.53 bits per heavy atom. The number of rotatable bonds is 3. The van der Waals surface area contributed by atoms with Gasteiger partial charge in [-0.25, -0.2) is 4.98 Å². The standard InChI is InChI=1S/C12H16N4O/c17-7-6-16-11-8-13-5-3-9(11)15-12(16)10-2-1-4-14-10/h3,5,8,10,14,17H,1-2,4,6-7H2. The number of imidazole rings is 1. The second-order valence-electron chi connectivity index (χ2n) is 4.36. The lowest BCUT2D eigenvalue weighted by Crippen LogP contribution is -2.19. The van der Waals surface area contributed by atoms with Crippen LogP contribution >= 0.6 is 0 Å². The van der Waals surface area contributed by atoms with Crippen molar-refractivity contribution in [2.24, 2.45) is 0 Å². The zero-order chi connectivity index (χ0) is 11.7. The lowest BCUT2D eigenvalue weighted by molar-refractivity contribution is 0.274. The van der Waals surface area contributed by atoms with E-state index >= 15 is 0 Å². The van der Waals surface area contributed by atoms with Crippen molar-refractivity contribution in [3.8, 4) is 0 Å². The van der Waals surface area contributed by atoms with Gasteiger partial charge in [-0.3, -0.25) is 4.98 Å². The summed E-state index contributed by atoms with van der Waals surface area (Å²) in [6, 6.07) is 2.23. The first kappa shape index (κ1) is 10.7. The van der Waals surface area contributed by atoms with E-state index in [2.05, 4.69) is 19.9 Å². The number of nitrogens with zero attached hydrogens (tertiary/aromatic N) is 3. The van der Waals surface area contributed by atoms with Gasteiger partial charge >= 0.3 is 0 Å². The van der Waals surface area contributed by atoms with Gasteiger partial charge in [0.2, 0.25) is 0 Å². The van der Waals surface area contributed by atoms with Crippen LogP contribution in [0.2, 0.25) is 0 Å². The molecule has 2 aromatic heterocycles. The molecule has 0 spiro atoms. The Balaban J connectivity index is 2.11. The van der Waals surface area contributed by atoms with E-state index in [9.17, 15) is 5.11 Å². The molecular formula is C12H16N4O. The fourth-order valence-electron chi connectivity index (χ4n) is 2.49. The molecule has 1 fully saturated rings. The molecule has 0 aliphatic carbocycles. The summed E-state index contributed by atoms with van der Waals surface area (Å²) in [6.07, 6.45) is 5.87. The monoisotopic (exact) mass is 232 g/mol. The van der Waals surface area contributed by atoms with Crippen LogP contribution in [0.1, 0.15) is 24.7 Å². The maximum Gasteiger partial charge on any atom is 0.127 e. The number of fused-ring (bicyclic) bond motifs is 1. The van der Waals surface area contributed by atoms with Crippen molar-refractivity contribution in [3.63, 3.8) is 0 Å². The summed E-state index contributed by atoms with van der Waals surface area (Å²) in [5.74, 6) is 1.03. The van der Waals surface area contributed by atoms with Crippen LogP contribution in [-0.4, -0.2) is 32.8 Å². The normalized spacial score (nSPS) is 20.2. The van der Waals surface area contributed by atoms with E-state index in [0.29, 0.717) is 12.6 Å². The van der Waals surface area contributed by atoms with Gasteiger partial charge in [-0.2, -0.15) is 0 Å². The van der Waals surface area contributed by atoms with Crippen molar-refractivity contribution in [2.75, 3.05) is 13.2 Å². The van der Waals surface area contributed by atoms with E-state index in [1.807, 2.05) is 12.3 Å². The molecule has 0 aromatic carbocycles. The zero-order valence-corrected chi connectivity index (χ0v) is 9.63. The number of aliphatic hydroxyl groups excluding tert-OH is 1. The fourth-order valence-corrected chi connectivity index (χ4v) is 2.49. The Hall–Kier alpha value is -1.46. The summed E-state index contributed by atoms with van der Waals surface area (Å²) in [5.41, 5.74) is 1.96. The van der Waals surface area contributed by atoms with Crippen LogP contribution < -0.4 is 5.32 Å². The molecule has 1 aliphatic rings. The van der Waals surface area contributed by atoms with E-state index in [1.54, 1.807) is 6.20 Å². The first-order valence-electron chi connectivity index (χ1n) is 6.04. The Bertz CT molecular complexity index is 516. The lowest BCUT2D eigenvalue weighted by Gasteiger charge is -2.12. The van der Waals surface area contributed by atoms with Gasteiger partial charge in [-0.15, -0.1) is 0 Å². The first-order chi connectivity index (χ1) is 8.40. The highest BCUT2D eigenvalue weighted by molar-refractivity contribution is 5.74. The van der Waals surface area contributed by atoms with Crippen molar-refractivity contribution >= 4 is 11.0 Å². The quantitative estimate of drug-likeness (QED) is 0.823. The zero-order valence-electron chi connectivity index (χ0n) is 9.63. The maximum absolute atomic E-state index is 9.18. The third-order valence-corrected chi connectivity index (χ3v) is 3.28. The summed E-state index contributed by atoms with van der Waals surface area (Å²) in [5, 5.41) is 12.6. The highest BCUT2D eigenvalue weighted by atomic mass is 16.3. The first-order valence-corrected chi connectivity index (χ1v) is 6.04. The van der Waals surface area contributed by atoms with Crippen LogP contribution in [0.25, 0.3) is 11.0 Å². The van der Waals surface area contributed by atoms with Crippen LogP contribution in [0.3, 0.4) is 0 Å². The summed E-state index contributed by atoms with van der Waals surface area (Å²) in [6.45, 7) is 1.75. The highest BCUT2D eigenvalue weighted by Crippen LogP contribution is 2.25. The molecule has 5 heteroatoms. The molecule has 3 heterocycles. The summed E-state index contributed by atoms with van der Waals surface area (Å²) >= 11 is 0. The number of nitrogens with one attached hydrogen (secondary N) is 1. The Kier molecular flexibility index (Phi) is 2.78.